The normalized spacial score (nSPS) is 11.2. The van der Waals surface area contributed by atoms with Crippen molar-refractivity contribution in [3.05, 3.63) is 59.4 Å². The Balaban J connectivity index is 2.11. The molecule has 3 rings (SSSR count). The van der Waals surface area contributed by atoms with Gasteiger partial charge < -0.3 is 9.47 Å². The van der Waals surface area contributed by atoms with Crippen LogP contribution in [0.25, 0.3) is 21.9 Å². The first-order valence-electron chi connectivity index (χ1n) is 8.95. The molecule has 29 heavy (non-hydrogen) atoms. The standard InChI is InChI=1S/C22H21ClN2O4/c1-22(2,3)29-21(27)25-18-16-12-14(8-7-13(16)9-10-17(18)23)15-6-5-11-24-19(15)20(26)28-4/h5-12H,1-4H3,(H,25,27). The van der Waals surface area contributed by atoms with Gasteiger partial charge in [-0.3, -0.25) is 5.32 Å². The van der Waals surface area contributed by atoms with Crippen LogP contribution in [0, 0.1) is 0 Å². The molecule has 2 aromatic carbocycles. The van der Waals surface area contributed by atoms with Crippen LogP contribution in [0.4, 0.5) is 10.5 Å². The van der Waals surface area contributed by atoms with Gasteiger partial charge in [0, 0.05) is 17.1 Å². The number of aromatic nitrogens is 1. The number of benzene rings is 2. The average molecular weight is 413 g/mol. The Hall–Kier alpha value is -3.12. The summed E-state index contributed by atoms with van der Waals surface area (Å²) in [6.07, 6.45) is 0.928. The van der Waals surface area contributed by atoms with E-state index in [-0.39, 0.29) is 5.69 Å². The molecule has 1 aromatic heterocycles. The number of amides is 1. The van der Waals surface area contributed by atoms with Crippen molar-refractivity contribution >= 4 is 40.1 Å². The summed E-state index contributed by atoms with van der Waals surface area (Å²) in [4.78, 5) is 28.5. The van der Waals surface area contributed by atoms with Gasteiger partial charge in [0.2, 0.25) is 0 Å². The van der Waals surface area contributed by atoms with E-state index in [1.807, 2.05) is 24.3 Å². The first kappa shape index (κ1) is 20.6. The third-order valence-corrected chi connectivity index (χ3v) is 4.41. The average Bonchev–Trinajstić information content (AvgIpc) is 2.68. The second-order valence-corrected chi connectivity index (χ2v) is 7.78. The van der Waals surface area contributed by atoms with Crippen LogP contribution >= 0.6 is 11.6 Å². The van der Waals surface area contributed by atoms with Gasteiger partial charge in [0.05, 0.1) is 17.8 Å². The van der Waals surface area contributed by atoms with Gasteiger partial charge in [-0.15, -0.1) is 0 Å². The highest BCUT2D eigenvalue weighted by atomic mass is 35.5. The number of nitrogens with zero attached hydrogens (tertiary/aromatic N) is 1. The van der Waals surface area contributed by atoms with Gasteiger partial charge in [-0.05, 0) is 49.9 Å². The lowest BCUT2D eigenvalue weighted by Gasteiger charge is -2.20. The maximum atomic E-state index is 12.3. The molecule has 0 unspecified atom stereocenters. The van der Waals surface area contributed by atoms with Crippen LogP contribution in [0.2, 0.25) is 5.02 Å². The minimum atomic E-state index is -0.641. The highest BCUT2D eigenvalue weighted by Gasteiger charge is 2.19. The molecule has 0 saturated heterocycles. The number of methoxy groups -OCH3 is 1. The summed E-state index contributed by atoms with van der Waals surface area (Å²) in [5.41, 5.74) is 1.35. The Morgan fingerprint density at radius 2 is 1.83 bits per heavy atom. The Kier molecular flexibility index (Phi) is 5.75. The van der Waals surface area contributed by atoms with Gasteiger partial charge in [-0.1, -0.05) is 35.9 Å². The Morgan fingerprint density at radius 3 is 2.52 bits per heavy atom. The zero-order valence-corrected chi connectivity index (χ0v) is 17.3. The van der Waals surface area contributed by atoms with Crippen molar-refractivity contribution in [2.75, 3.05) is 12.4 Å². The molecule has 0 aliphatic rings. The monoisotopic (exact) mass is 412 g/mol. The third kappa shape index (κ3) is 4.66. The Morgan fingerprint density at radius 1 is 1.10 bits per heavy atom. The van der Waals surface area contributed by atoms with Crippen molar-refractivity contribution in [3.63, 3.8) is 0 Å². The summed E-state index contributed by atoms with van der Waals surface area (Å²) in [5.74, 6) is -0.529. The third-order valence-electron chi connectivity index (χ3n) is 4.09. The van der Waals surface area contributed by atoms with Crippen LogP contribution in [-0.4, -0.2) is 29.8 Å². The van der Waals surface area contributed by atoms with Crippen LogP contribution in [0.15, 0.2) is 48.7 Å². The minimum Gasteiger partial charge on any atom is -0.464 e. The lowest BCUT2D eigenvalue weighted by molar-refractivity contribution is 0.0592. The molecule has 0 bridgehead atoms. The van der Waals surface area contributed by atoms with E-state index >= 15 is 0 Å². The first-order valence-corrected chi connectivity index (χ1v) is 9.33. The predicted octanol–water partition coefficient (Wildman–Crippen LogP) is 5.69. The van der Waals surface area contributed by atoms with E-state index in [1.54, 1.807) is 39.0 Å². The molecule has 0 aliphatic carbocycles. The van der Waals surface area contributed by atoms with Crippen LogP contribution in [0.5, 0.6) is 0 Å². The zero-order valence-electron chi connectivity index (χ0n) is 16.6. The summed E-state index contributed by atoms with van der Waals surface area (Å²) in [6, 6.07) is 12.7. The van der Waals surface area contributed by atoms with Gasteiger partial charge >= 0.3 is 12.1 Å². The summed E-state index contributed by atoms with van der Waals surface area (Å²) in [5, 5.41) is 4.69. The molecule has 1 N–H and O–H groups in total. The number of hydrogen-bond donors (Lipinski definition) is 1. The van der Waals surface area contributed by atoms with Gasteiger partial charge in [0.15, 0.2) is 5.69 Å². The fourth-order valence-corrected chi connectivity index (χ4v) is 3.10. The number of pyridine rings is 1. The number of anilines is 1. The van der Waals surface area contributed by atoms with Crippen molar-refractivity contribution in [2.24, 2.45) is 0 Å². The molecule has 7 heteroatoms. The number of halogens is 1. The lowest BCUT2D eigenvalue weighted by atomic mass is 9.99. The molecule has 0 radical (unpaired) electrons. The van der Waals surface area contributed by atoms with E-state index < -0.39 is 17.7 Å². The van der Waals surface area contributed by atoms with Crippen LogP contribution in [-0.2, 0) is 9.47 Å². The van der Waals surface area contributed by atoms with E-state index in [9.17, 15) is 9.59 Å². The number of ether oxygens (including phenoxy) is 2. The lowest BCUT2D eigenvalue weighted by Crippen LogP contribution is -2.27. The molecule has 150 valence electrons. The molecule has 0 aliphatic heterocycles. The Labute approximate surface area is 173 Å². The molecule has 1 amide bonds. The van der Waals surface area contributed by atoms with Crippen molar-refractivity contribution < 1.29 is 19.1 Å². The highest BCUT2D eigenvalue weighted by molar-refractivity contribution is 6.35. The number of carbonyl (C=O) groups excluding carboxylic acids is 2. The molecular formula is C22H21ClN2O4. The predicted molar refractivity (Wildman–Crippen MR) is 113 cm³/mol. The summed E-state index contributed by atoms with van der Waals surface area (Å²) in [7, 11) is 1.31. The molecule has 1 heterocycles. The number of rotatable bonds is 3. The van der Waals surface area contributed by atoms with E-state index in [4.69, 9.17) is 21.1 Å². The quantitative estimate of drug-likeness (QED) is 0.559. The molecule has 3 aromatic rings. The molecule has 0 saturated carbocycles. The maximum absolute atomic E-state index is 12.3. The fourth-order valence-electron chi connectivity index (χ4n) is 2.89. The van der Waals surface area contributed by atoms with Gasteiger partial charge in [0.25, 0.3) is 0 Å². The van der Waals surface area contributed by atoms with E-state index in [0.717, 1.165) is 10.9 Å². The van der Waals surface area contributed by atoms with Gasteiger partial charge in [-0.25, -0.2) is 14.6 Å². The largest absolute Gasteiger partial charge is 0.464 e. The number of carbonyl (C=O) groups is 2. The van der Waals surface area contributed by atoms with Crippen LogP contribution < -0.4 is 5.32 Å². The van der Waals surface area contributed by atoms with E-state index in [2.05, 4.69) is 10.3 Å². The van der Waals surface area contributed by atoms with Gasteiger partial charge in [-0.2, -0.15) is 0 Å². The highest BCUT2D eigenvalue weighted by Crippen LogP contribution is 2.35. The smallest absolute Gasteiger partial charge is 0.412 e. The molecule has 0 spiro atoms. The first-order chi connectivity index (χ1) is 13.7. The Bertz CT molecular complexity index is 1090. The summed E-state index contributed by atoms with van der Waals surface area (Å²) >= 11 is 6.36. The number of nitrogens with one attached hydrogen (secondary N) is 1. The summed E-state index contributed by atoms with van der Waals surface area (Å²) in [6.45, 7) is 5.35. The van der Waals surface area contributed by atoms with Crippen LogP contribution in [0.1, 0.15) is 31.3 Å². The summed E-state index contributed by atoms with van der Waals surface area (Å²) < 4.78 is 10.2. The van der Waals surface area contributed by atoms with Crippen molar-refractivity contribution in [1.82, 2.24) is 4.98 Å². The minimum absolute atomic E-state index is 0.207. The molecule has 0 fully saturated rings. The van der Waals surface area contributed by atoms with E-state index in [1.165, 1.54) is 13.3 Å². The SMILES string of the molecule is COC(=O)c1ncccc1-c1ccc2ccc(Cl)c(NC(=O)OC(C)(C)C)c2c1. The van der Waals surface area contributed by atoms with Crippen LogP contribution in [0.3, 0.4) is 0 Å². The molecular weight excluding hydrogens is 392 g/mol. The number of hydrogen-bond acceptors (Lipinski definition) is 5. The number of fused-ring (bicyclic) bond motifs is 1. The zero-order chi connectivity index (χ0) is 21.2. The topological polar surface area (TPSA) is 77.5 Å². The second-order valence-electron chi connectivity index (χ2n) is 7.38. The van der Waals surface area contributed by atoms with Crippen molar-refractivity contribution in [3.8, 4) is 11.1 Å². The fraction of sp³-hybridized carbons (Fsp3) is 0.227. The molecule has 6 nitrogen and oxygen atoms in total. The second kappa shape index (κ2) is 8.09. The van der Waals surface area contributed by atoms with Gasteiger partial charge in [0.1, 0.15) is 5.60 Å². The van der Waals surface area contributed by atoms with Crippen molar-refractivity contribution in [1.29, 1.82) is 0 Å². The van der Waals surface area contributed by atoms with Crippen molar-refractivity contribution in [2.45, 2.75) is 26.4 Å². The molecule has 0 atom stereocenters. The maximum Gasteiger partial charge on any atom is 0.412 e. The number of esters is 1. The van der Waals surface area contributed by atoms with E-state index in [0.29, 0.717) is 21.7 Å².